The first-order chi connectivity index (χ1) is 39.3. The van der Waals surface area contributed by atoms with E-state index in [1.165, 1.54) is 72.2 Å². The van der Waals surface area contributed by atoms with Gasteiger partial charge in [0, 0.05) is 52.3 Å². The third-order valence-electron chi connectivity index (χ3n) is 13.3. The van der Waals surface area contributed by atoms with Gasteiger partial charge in [-0.2, -0.15) is 36.5 Å². The van der Waals surface area contributed by atoms with Crippen molar-refractivity contribution in [1.82, 2.24) is 49.1 Å². The number of halogens is 8. The Morgan fingerprint density at radius 1 is 0.585 bits per heavy atom. The summed E-state index contributed by atoms with van der Waals surface area (Å²) >= 11 is 15.6. The van der Waals surface area contributed by atoms with Gasteiger partial charge in [0.15, 0.2) is 34.6 Å². The summed E-state index contributed by atoms with van der Waals surface area (Å²) in [5, 5.41) is 22.5. The predicted octanol–water partition coefficient (Wildman–Crippen LogP) is 11.7. The number of aromatic nitrogens is 10. The van der Waals surface area contributed by atoms with E-state index >= 15 is 0 Å². The van der Waals surface area contributed by atoms with Crippen LogP contribution in [0.4, 0.5) is 26.3 Å². The number of carbonyl (C=O) groups is 2. The van der Waals surface area contributed by atoms with E-state index in [1.807, 2.05) is 12.1 Å². The summed E-state index contributed by atoms with van der Waals surface area (Å²) in [5.41, 5.74) is 4.15. The Kier molecular flexibility index (Phi) is 18.0. The first-order valence-electron chi connectivity index (χ1n) is 24.8. The minimum atomic E-state index is -4.76. The normalized spacial score (nSPS) is 16.5. The molecule has 0 saturated heterocycles. The van der Waals surface area contributed by atoms with Crippen LogP contribution >= 0.6 is 46.7 Å². The quantitative estimate of drug-likeness (QED) is 0.0656. The lowest BCUT2D eigenvalue weighted by Gasteiger charge is -2.24. The molecule has 28 heteroatoms. The Morgan fingerprint density at radius 2 is 1.07 bits per heavy atom. The highest BCUT2D eigenvalue weighted by Crippen LogP contribution is 2.56. The second-order valence-electron chi connectivity index (χ2n) is 18.2. The van der Waals surface area contributed by atoms with Crippen molar-refractivity contribution in [2.45, 2.75) is 72.1 Å². The Hall–Kier alpha value is -7.42. The number of carbonyl (C=O) groups excluding carboxylic acids is 2. The van der Waals surface area contributed by atoms with Crippen LogP contribution in [0.1, 0.15) is 90.8 Å². The van der Waals surface area contributed by atoms with Crippen LogP contribution in [0.2, 0.25) is 10.0 Å². The molecule has 432 valence electrons. The number of alkyl halides is 6. The molecular weight excluding hydrogens is 1170 g/mol. The maximum atomic E-state index is 14.2. The Bertz CT molecular complexity index is 3610. The maximum absolute atomic E-state index is 14.2. The number of hydrogen-bond donors (Lipinski definition) is 0. The Morgan fingerprint density at radius 3 is 1.54 bits per heavy atom. The highest BCUT2D eigenvalue weighted by Gasteiger charge is 2.45. The van der Waals surface area contributed by atoms with Crippen molar-refractivity contribution in [3.05, 3.63) is 164 Å². The minimum Gasteiger partial charge on any atom is -0.493 e. The van der Waals surface area contributed by atoms with Gasteiger partial charge in [-0.15, -0.1) is 43.9 Å². The van der Waals surface area contributed by atoms with E-state index in [0.717, 1.165) is 9.13 Å². The summed E-state index contributed by atoms with van der Waals surface area (Å²) in [5.74, 6) is -0.937. The highest BCUT2D eigenvalue weighted by atomic mass is 35.5. The molecule has 4 atom stereocenters. The van der Waals surface area contributed by atoms with Crippen LogP contribution in [0.15, 0.2) is 97.3 Å². The number of methoxy groups -OCH3 is 6. The number of para-hydroxylation sites is 2. The van der Waals surface area contributed by atoms with Crippen molar-refractivity contribution >= 4 is 58.7 Å². The molecular formula is C54H50Cl2F6N10O8S2. The number of ether oxygens (including phenoxy) is 6. The molecule has 4 aromatic carbocycles. The fourth-order valence-corrected chi connectivity index (χ4v) is 13.1. The monoisotopic (exact) mass is 1210 g/mol. The molecule has 10 rings (SSSR count). The van der Waals surface area contributed by atoms with E-state index < -0.39 is 56.9 Å². The summed E-state index contributed by atoms with van der Waals surface area (Å²) in [6.45, 7) is 0.635. The van der Waals surface area contributed by atoms with E-state index in [9.17, 15) is 35.9 Å². The molecule has 8 aromatic rings. The van der Waals surface area contributed by atoms with Gasteiger partial charge >= 0.3 is 24.3 Å². The molecule has 0 radical (unpaired) electrons. The summed E-state index contributed by atoms with van der Waals surface area (Å²) in [4.78, 5) is 23.5. The molecule has 6 heterocycles. The van der Waals surface area contributed by atoms with Gasteiger partial charge in [-0.3, -0.25) is 28.1 Å². The standard InChI is InChI=1S/2C27H25ClF3N5O4S/c1-38-20-6-4-5-17(23(20)40-3)24-18-13-15(28)7-8-19(18)36-25(32-33-26(36)27(29,30)31)21(41-24)10-12-35-11-9-16(34-35)14-22(37)39-2;1-38-20-6-4-5-17(23(20)40-3)24-18-13-15(28)7-8-19(18)36-25(33-34-26(36)27(29,30)31)21(41-24)10-12-35-16(9-11-32-35)14-22(37)39-2/h2*4-9,11,13,21,24H,10,12,14H2,1-3H3/t2*21-,24-/m11/s1. The molecule has 0 bridgehead atoms. The fourth-order valence-electron chi connectivity index (χ4n) is 9.70. The zero-order valence-corrected chi connectivity index (χ0v) is 47.5. The van der Waals surface area contributed by atoms with E-state index in [-0.39, 0.29) is 35.9 Å². The van der Waals surface area contributed by atoms with Gasteiger partial charge in [-0.05, 0) is 84.6 Å². The molecule has 82 heavy (non-hydrogen) atoms. The van der Waals surface area contributed by atoms with Gasteiger partial charge in [0.1, 0.15) is 0 Å². The number of aryl methyl sites for hydroxylation is 2. The van der Waals surface area contributed by atoms with Crippen LogP contribution in [-0.4, -0.2) is 104 Å². The number of nitrogens with zero attached hydrogens (tertiary/aromatic N) is 10. The van der Waals surface area contributed by atoms with Gasteiger partial charge in [-0.25, -0.2) is 0 Å². The number of esters is 2. The smallest absolute Gasteiger partial charge is 0.452 e. The lowest BCUT2D eigenvalue weighted by Crippen LogP contribution is -2.17. The number of rotatable bonds is 16. The molecule has 4 aromatic heterocycles. The zero-order chi connectivity index (χ0) is 58.6. The van der Waals surface area contributed by atoms with Gasteiger partial charge in [0.05, 0.1) is 93.6 Å². The van der Waals surface area contributed by atoms with Gasteiger partial charge < -0.3 is 28.4 Å². The number of hydrogen-bond acceptors (Lipinski definition) is 16. The van der Waals surface area contributed by atoms with Crippen molar-refractivity contribution < 1.29 is 64.4 Å². The summed E-state index contributed by atoms with van der Waals surface area (Å²) in [6.07, 6.45) is -5.55. The average molecular weight is 1220 g/mol. The summed E-state index contributed by atoms with van der Waals surface area (Å²) in [7, 11) is 8.66. The lowest BCUT2D eigenvalue weighted by atomic mass is 10.0. The number of benzene rings is 4. The first-order valence-corrected chi connectivity index (χ1v) is 27.5. The Balaban J connectivity index is 0.000000198. The number of thioether (sulfide) groups is 2. The summed E-state index contributed by atoms with van der Waals surface area (Å²) < 4.78 is 123. The van der Waals surface area contributed by atoms with Gasteiger partial charge in [0.25, 0.3) is 0 Å². The predicted molar refractivity (Wildman–Crippen MR) is 291 cm³/mol. The van der Waals surface area contributed by atoms with E-state index in [1.54, 1.807) is 88.5 Å². The molecule has 2 aliphatic rings. The molecule has 0 amide bonds. The van der Waals surface area contributed by atoms with Crippen LogP contribution in [0, 0.1) is 0 Å². The average Bonchev–Trinajstić information content (AvgIpc) is 4.48. The van der Waals surface area contributed by atoms with Crippen molar-refractivity contribution in [2.24, 2.45) is 0 Å². The van der Waals surface area contributed by atoms with Crippen molar-refractivity contribution in [1.29, 1.82) is 0 Å². The largest absolute Gasteiger partial charge is 0.493 e. The third kappa shape index (κ3) is 12.3. The molecule has 0 saturated carbocycles. The number of fused-ring (bicyclic) bond motifs is 6. The third-order valence-corrected chi connectivity index (χ3v) is 16.9. The maximum Gasteiger partial charge on any atom is 0.452 e. The molecule has 2 aliphatic heterocycles. The topological polar surface area (TPSA) is 187 Å². The zero-order valence-electron chi connectivity index (χ0n) is 44.4. The minimum absolute atomic E-state index is 0.0102. The van der Waals surface area contributed by atoms with Crippen LogP contribution in [0.25, 0.3) is 11.4 Å². The van der Waals surface area contributed by atoms with Gasteiger partial charge in [-0.1, -0.05) is 47.5 Å². The highest BCUT2D eigenvalue weighted by molar-refractivity contribution is 8.00. The van der Waals surface area contributed by atoms with Crippen molar-refractivity contribution in [3.63, 3.8) is 0 Å². The summed E-state index contributed by atoms with van der Waals surface area (Å²) in [6, 6.07) is 23.7. The van der Waals surface area contributed by atoms with Crippen LogP contribution < -0.4 is 18.9 Å². The van der Waals surface area contributed by atoms with Crippen molar-refractivity contribution in [2.75, 3.05) is 42.7 Å². The Labute approximate surface area is 483 Å². The fraction of sp³-hybridized carbons (Fsp3) is 0.333. The van der Waals surface area contributed by atoms with Crippen LogP contribution in [0.3, 0.4) is 0 Å². The van der Waals surface area contributed by atoms with Crippen molar-refractivity contribution in [3.8, 4) is 34.4 Å². The molecule has 0 spiro atoms. The molecule has 0 fully saturated rings. The van der Waals surface area contributed by atoms with E-state index in [4.69, 9.17) is 51.6 Å². The lowest BCUT2D eigenvalue weighted by molar-refractivity contribution is -0.147. The molecule has 0 N–H and O–H groups in total. The molecule has 0 aliphatic carbocycles. The molecule has 18 nitrogen and oxygen atoms in total. The van der Waals surface area contributed by atoms with Crippen LogP contribution in [0.5, 0.6) is 23.0 Å². The SMILES string of the molecule is COC(=O)Cc1ccn(CC[C@H]2S[C@H](c3cccc(OC)c3OC)c3cc(Cl)ccc3-n3c2nnc3C(F)(F)F)n1.COC(=O)Cc1ccnn1CC[C@H]1S[C@H](c2cccc(OC)c2OC)c2cc(Cl)ccc2-n2c1nnc2C(F)(F)F. The van der Waals surface area contributed by atoms with E-state index in [2.05, 4.69) is 30.6 Å². The second-order valence-corrected chi connectivity index (χ2v) is 21.7. The first kappa shape index (κ1) is 59.2. The molecule has 0 unspecified atom stereocenters. The second kappa shape index (κ2) is 25.0. The van der Waals surface area contributed by atoms with Gasteiger partial charge in [0.2, 0.25) is 11.6 Å². The van der Waals surface area contributed by atoms with E-state index in [0.29, 0.717) is 92.6 Å². The van der Waals surface area contributed by atoms with Crippen LogP contribution in [-0.2, 0) is 57.3 Å².